The fourth-order valence-electron chi connectivity index (χ4n) is 4.86. The molecule has 11 heteroatoms. The van der Waals surface area contributed by atoms with Crippen molar-refractivity contribution in [3.63, 3.8) is 0 Å². The highest BCUT2D eigenvalue weighted by Crippen LogP contribution is 2.47. The number of anilines is 1. The number of rotatable bonds is 7. The van der Waals surface area contributed by atoms with E-state index in [9.17, 15) is 23.5 Å². The fraction of sp³-hybridized carbons (Fsp3) is 0.440. The molecule has 1 saturated carbocycles. The highest BCUT2D eigenvalue weighted by atomic mass is 19.3. The summed E-state index contributed by atoms with van der Waals surface area (Å²) in [6.45, 7) is 1.40. The molecule has 2 heterocycles. The molecular weight excluding hydrogens is 472 g/mol. The monoisotopic (exact) mass is 501 g/mol. The van der Waals surface area contributed by atoms with Crippen molar-refractivity contribution in [2.24, 2.45) is 0 Å². The Morgan fingerprint density at radius 2 is 1.81 bits per heavy atom. The summed E-state index contributed by atoms with van der Waals surface area (Å²) >= 11 is 0. The number of pyridine rings is 1. The molecule has 3 N–H and O–H groups in total. The zero-order valence-corrected chi connectivity index (χ0v) is 20.3. The second kappa shape index (κ2) is 9.81. The van der Waals surface area contributed by atoms with Gasteiger partial charge in [-0.1, -0.05) is 12.1 Å². The lowest BCUT2D eigenvalue weighted by Gasteiger charge is -2.43. The summed E-state index contributed by atoms with van der Waals surface area (Å²) in [5.41, 5.74) is 0.507. The number of ether oxygens (including phenoxy) is 1. The SMILES string of the molecule is COc1ccc(C2(C(=O)N(C)[C@@H](C(=O)Nc3ccc4[nH]ncc4n3)[C@H](C)O)CCC(F)(F)CC2)cc1. The van der Waals surface area contributed by atoms with Gasteiger partial charge in [-0.2, -0.15) is 5.10 Å². The first-order valence-corrected chi connectivity index (χ1v) is 11.6. The van der Waals surface area contributed by atoms with E-state index in [2.05, 4.69) is 20.5 Å². The molecule has 9 nitrogen and oxygen atoms in total. The minimum Gasteiger partial charge on any atom is -0.497 e. The number of aliphatic hydroxyl groups excluding tert-OH is 1. The summed E-state index contributed by atoms with van der Waals surface area (Å²) in [7, 11) is 2.92. The van der Waals surface area contributed by atoms with Gasteiger partial charge >= 0.3 is 0 Å². The van der Waals surface area contributed by atoms with Crippen molar-refractivity contribution < 1.29 is 28.2 Å². The quantitative estimate of drug-likeness (QED) is 0.457. The van der Waals surface area contributed by atoms with Crippen molar-refractivity contribution in [3.05, 3.63) is 48.2 Å². The fourth-order valence-corrected chi connectivity index (χ4v) is 4.86. The molecule has 0 spiro atoms. The number of alkyl halides is 2. The molecule has 2 aromatic heterocycles. The minimum atomic E-state index is -2.87. The van der Waals surface area contributed by atoms with Gasteiger partial charge in [0, 0.05) is 19.9 Å². The average Bonchev–Trinajstić information content (AvgIpc) is 3.32. The second-order valence-corrected chi connectivity index (χ2v) is 9.26. The summed E-state index contributed by atoms with van der Waals surface area (Å²) in [6.07, 6.45) is -0.846. The van der Waals surface area contributed by atoms with Crippen LogP contribution in [0.1, 0.15) is 38.2 Å². The van der Waals surface area contributed by atoms with E-state index in [0.29, 0.717) is 22.3 Å². The molecule has 1 aliphatic rings. The van der Waals surface area contributed by atoms with E-state index in [0.717, 1.165) is 4.90 Å². The number of nitrogens with zero attached hydrogens (tertiary/aromatic N) is 3. The van der Waals surface area contributed by atoms with Crippen LogP contribution in [0.25, 0.3) is 11.0 Å². The van der Waals surface area contributed by atoms with Crippen LogP contribution in [-0.4, -0.2) is 69.2 Å². The van der Waals surface area contributed by atoms with Crippen LogP contribution in [0.2, 0.25) is 0 Å². The Balaban J connectivity index is 1.63. The predicted molar refractivity (Wildman–Crippen MR) is 129 cm³/mol. The van der Waals surface area contributed by atoms with Crippen LogP contribution in [0.4, 0.5) is 14.6 Å². The smallest absolute Gasteiger partial charge is 0.250 e. The summed E-state index contributed by atoms with van der Waals surface area (Å²) in [5.74, 6) is -3.24. The topological polar surface area (TPSA) is 120 Å². The van der Waals surface area contributed by atoms with Gasteiger partial charge in [-0.25, -0.2) is 13.8 Å². The number of carbonyl (C=O) groups excluding carboxylic acids is 2. The average molecular weight is 502 g/mol. The summed E-state index contributed by atoms with van der Waals surface area (Å²) in [6, 6.07) is 8.71. The molecule has 0 radical (unpaired) electrons. The van der Waals surface area contributed by atoms with Gasteiger partial charge in [0.05, 0.1) is 30.3 Å². The molecular formula is C25H29F2N5O4. The van der Waals surface area contributed by atoms with Crippen LogP contribution in [0, 0.1) is 0 Å². The number of likely N-dealkylation sites (N-methyl/N-ethyl adjacent to an activating group) is 1. The Kier molecular flexibility index (Phi) is 6.94. The third-order valence-electron chi connectivity index (χ3n) is 6.90. The number of aromatic nitrogens is 3. The second-order valence-electron chi connectivity index (χ2n) is 9.26. The molecule has 0 bridgehead atoms. The number of amides is 2. The molecule has 3 aromatic rings. The molecule has 0 unspecified atom stereocenters. The molecule has 1 fully saturated rings. The van der Waals surface area contributed by atoms with E-state index in [4.69, 9.17) is 4.74 Å². The van der Waals surface area contributed by atoms with Crippen molar-refractivity contribution in [3.8, 4) is 5.75 Å². The third kappa shape index (κ3) is 4.88. The van der Waals surface area contributed by atoms with Gasteiger partial charge in [-0.05, 0) is 49.6 Å². The van der Waals surface area contributed by atoms with Crippen LogP contribution < -0.4 is 10.1 Å². The molecule has 1 aromatic carbocycles. The van der Waals surface area contributed by atoms with Crippen LogP contribution in [0.3, 0.4) is 0 Å². The van der Waals surface area contributed by atoms with Gasteiger partial charge in [0.1, 0.15) is 23.1 Å². The standard InChI is InChI=1S/C25H29F2N5O4/c1-15(33)21(22(34)30-20-9-8-18-19(29-20)14-28-31-18)32(2)23(35)24(10-12-25(26,27)13-11-24)16-4-6-17(36-3)7-5-16/h4-9,14-15,21,33H,10-13H2,1-3H3,(H,28,31)(H,29,30,34)/t15-,21+/m0/s1. The number of hydrogen-bond donors (Lipinski definition) is 3. The van der Waals surface area contributed by atoms with E-state index in [1.54, 1.807) is 36.4 Å². The zero-order valence-electron chi connectivity index (χ0n) is 20.3. The number of aromatic amines is 1. The van der Waals surface area contributed by atoms with E-state index < -0.39 is 48.1 Å². The Morgan fingerprint density at radius 1 is 1.14 bits per heavy atom. The van der Waals surface area contributed by atoms with E-state index in [1.165, 1.54) is 27.3 Å². The van der Waals surface area contributed by atoms with Crippen LogP contribution in [-0.2, 0) is 15.0 Å². The van der Waals surface area contributed by atoms with Crippen molar-refractivity contribution in [1.29, 1.82) is 0 Å². The predicted octanol–water partition coefficient (Wildman–Crippen LogP) is 3.26. The lowest BCUT2D eigenvalue weighted by Crippen LogP contribution is -2.57. The Morgan fingerprint density at radius 3 is 2.42 bits per heavy atom. The van der Waals surface area contributed by atoms with Crippen molar-refractivity contribution in [1.82, 2.24) is 20.1 Å². The number of carbonyl (C=O) groups is 2. The van der Waals surface area contributed by atoms with Crippen molar-refractivity contribution in [2.45, 2.75) is 56.1 Å². The number of nitrogens with one attached hydrogen (secondary N) is 2. The Labute approximate surface area is 206 Å². The summed E-state index contributed by atoms with van der Waals surface area (Å²) in [5, 5.41) is 19.8. The molecule has 4 rings (SSSR count). The molecule has 36 heavy (non-hydrogen) atoms. The number of H-pyrrole nitrogens is 1. The first kappa shape index (κ1) is 25.5. The first-order valence-electron chi connectivity index (χ1n) is 11.6. The minimum absolute atomic E-state index is 0.0949. The van der Waals surface area contributed by atoms with Crippen LogP contribution in [0.15, 0.2) is 42.6 Å². The maximum Gasteiger partial charge on any atom is 0.250 e. The third-order valence-corrected chi connectivity index (χ3v) is 6.90. The maximum atomic E-state index is 14.1. The number of fused-ring (bicyclic) bond motifs is 1. The van der Waals surface area contributed by atoms with E-state index in [-0.39, 0.29) is 18.7 Å². The van der Waals surface area contributed by atoms with Crippen molar-refractivity contribution in [2.75, 3.05) is 19.5 Å². The van der Waals surface area contributed by atoms with Crippen molar-refractivity contribution >= 4 is 28.7 Å². The first-order chi connectivity index (χ1) is 17.1. The number of hydrogen-bond acceptors (Lipinski definition) is 6. The highest BCUT2D eigenvalue weighted by molar-refractivity contribution is 5.99. The lowest BCUT2D eigenvalue weighted by molar-refractivity contribution is -0.149. The van der Waals surface area contributed by atoms with Gasteiger partial charge in [-0.3, -0.25) is 14.7 Å². The lowest BCUT2D eigenvalue weighted by atomic mass is 9.67. The molecule has 0 saturated heterocycles. The molecule has 0 aliphatic heterocycles. The maximum absolute atomic E-state index is 14.1. The van der Waals surface area contributed by atoms with Gasteiger partial charge in [-0.15, -0.1) is 0 Å². The van der Waals surface area contributed by atoms with E-state index >= 15 is 0 Å². The molecule has 2 atom stereocenters. The number of halogens is 2. The van der Waals surface area contributed by atoms with Gasteiger partial charge in [0.25, 0.3) is 5.91 Å². The van der Waals surface area contributed by atoms with Gasteiger partial charge < -0.3 is 20.1 Å². The van der Waals surface area contributed by atoms with E-state index in [1.807, 2.05) is 0 Å². The summed E-state index contributed by atoms with van der Waals surface area (Å²) in [4.78, 5) is 32.6. The number of benzene rings is 1. The Bertz CT molecular complexity index is 1230. The van der Waals surface area contributed by atoms with Gasteiger partial charge in [0.2, 0.25) is 11.8 Å². The highest BCUT2D eigenvalue weighted by Gasteiger charge is 2.51. The molecule has 192 valence electrons. The largest absolute Gasteiger partial charge is 0.497 e. The number of methoxy groups -OCH3 is 1. The Hall–Kier alpha value is -3.60. The van der Waals surface area contributed by atoms with Gasteiger partial charge in [0.15, 0.2) is 0 Å². The van der Waals surface area contributed by atoms with Crippen LogP contribution in [0.5, 0.6) is 5.75 Å². The summed E-state index contributed by atoms with van der Waals surface area (Å²) < 4.78 is 33.5. The number of aliphatic hydroxyl groups is 1. The molecule has 1 aliphatic carbocycles. The van der Waals surface area contributed by atoms with Crippen LogP contribution >= 0.6 is 0 Å². The molecule has 2 amide bonds. The zero-order chi connectivity index (χ0) is 26.1. The normalized spacial score (nSPS) is 18.3.